The van der Waals surface area contributed by atoms with Crippen LogP contribution in [0, 0.1) is 0 Å². The molecule has 1 aromatic carbocycles. The molecular weight excluding hydrogens is 327 g/mol. The number of benzene rings is 1. The summed E-state index contributed by atoms with van der Waals surface area (Å²) in [6.07, 6.45) is 11.5. The van der Waals surface area contributed by atoms with Gasteiger partial charge in [0.15, 0.2) is 0 Å². The predicted octanol–water partition coefficient (Wildman–Crippen LogP) is 1.35. The topological polar surface area (TPSA) is 62.1 Å². The van der Waals surface area contributed by atoms with Crippen molar-refractivity contribution in [1.82, 2.24) is 10.6 Å². The van der Waals surface area contributed by atoms with E-state index in [0.717, 1.165) is 53.2 Å². The molecule has 0 spiro atoms. The lowest BCUT2D eigenvalue weighted by Crippen LogP contribution is -2.38. The number of hydrogen-bond acceptors (Lipinski definition) is 4. The van der Waals surface area contributed by atoms with E-state index in [2.05, 4.69) is 40.7 Å². The SMILES string of the molecule is C=C/C=c1/cc(C2=CCNC(CF)=C2)cc(NC2CCNCC2)/c1=C/N. The lowest BCUT2D eigenvalue weighted by atomic mass is 9.98. The van der Waals surface area contributed by atoms with E-state index in [1.54, 1.807) is 12.3 Å². The fraction of sp³-hybridized carbons (Fsp3) is 0.333. The van der Waals surface area contributed by atoms with E-state index in [1.807, 2.05) is 12.2 Å². The lowest BCUT2D eigenvalue weighted by molar-refractivity contribution is 0.479. The molecule has 1 saturated heterocycles. The first-order chi connectivity index (χ1) is 12.7. The maximum atomic E-state index is 13.1. The molecule has 5 heteroatoms. The summed E-state index contributed by atoms with van der Waals surface area (Å²) in [4.78, 5) is 0. The van der Waals surface area contributed by atoms with Crippen LogP contribution >= 0.6 is 0 Å². The van der Waals surface area contributed by atoms with Gasteiger partial charge in [-0.05, 0) is 60.5 Å². The molecule has 4 nitrogen and oxygen atoms in total. The van der Waals surface area contributed by atoms with Gasteiger partial charge in [0, 0.05) is 35.4 Å². The van der Waals surface area contributed by atoms with Crippen molar-refractivity contribution in [3.8, 4) is 0 Å². The number of allylic oxidation sites excluding steroid dienone is 4. The fourth-order valence-electron chi connectivity index (χ4n) is 3.48. The van der Waals surface area contributed by atoms with Crippen molar-refractivity contribution < 1.29 is 4.39 Å². The number of halogens is 1. The normalized spacial score (nSPS) is 19.6. The van der Waals surface area contributed by atoms with Crippen molar-refractivity contribution in [2.75, 3.05) is 31.6 Å². The summed E-state index contributed by atoms with van der Waals surface area (Å²) >= 11 is 0. The summed E-state index contributed by atoms with van der Waals surface area (Å²) in [6, 6.07) is 4.61. The molecule has 0 aromatic heterocycles. The number of piperidine rings is 1. The molecular formula is C21H27FN4. The Morgan fingerprint density at radius 1 is 1.31 bits per heavy atom. The minimum atomic E-state index is -0.488. The largest absolute Gasteiger partial charge is 0.404 e. The smallest absolute Gasteiger partial charge is 0.129 e. The van der Waals surface area contributed by atoms with Crippen molar-refractivity contribution in [3.63, 3.8) is 0 Å². The Hall–Kier alpha value is -2.53. The van der Waals surface area contributed by atoms with Gasteiger partial charge in [0.1, 0.15) is 6.67 Å². The van der Waals surface area contributed by atoms with Gasteiger partial charge in [-0.2, -0.15) is 0 Å². The number of nitrogens with two attached hydrogens (primary N) is 1. The average molecular weight is 354 g/mol. The van der Waals surface area contributed by atoms with Crippen LogP contribution in [-0.4, -0.2) is 32.4 Å². The van der Waals surface area contributed by atoms with Crippen LogP contribution in [0.25, 0.3) is 17.8 Å². The molecule has 1 aromatic rings. The molecule has 0 aliphatic carbocycles. The van der Waals surface area contributed by atoms with Crippen molar-refractivity contribution in [2.24, 2.45) is 5.73 Å². The molecule has 2 aliphatic rings. The van der Waals surface area contributed by atoms with Gasteiger partial charge < -0.3 is 21.7 Å². The summed E-state index contributed by atoms with van der Waals surface area (Å²) in [5, 5.41) is 12.1. The molecule has 138 valence electrons. The number of rotatable bonds is 5. The third-order valence-corrected chi connectivity index (χ3v) is 4.83. The predicted molar refractivity (Wildman–Crippen MR) is 109 cm³/mol. The van der Waals surface area contributed by atoms with Gasteiger partial charge in [0.05, 0.1) is 0 Å². The summed E-state index contributed by atoms with van der Waals surface area (Å²) in [6.45, 7) is 6.00. The summed E-state index contributed by atoms with van der Waals surface area (Å²) < 4.78 is 13.1. The van der Waals surface area contributed by atoms with Crippen molar-refractivity contribution >= 4 is 23.5 Å². The highest BCUT2D eigenvalue weighted by atomic mass is 19.1. The number of hydrogen-bond donors (Lipinski definition) is 4. The second kappa shape index (κ2) is 8.72. The second-order valence-corrected chi connectivity index (χ2v) is 6.61. The molecule has 0 radical (unpaired) electrons. The molecule has 2 aliphatic heterocycles. The molecule has 0 amide bonds. The van der Waals surface area contributed by atoms with Crippen LogP contribution in [0.2, 0.25) is 0 Å². The van der Waals surface area contributed by atoms with Gasteiger partial charge in [-0.15, -0.1) is 0 Å². The molecule has 0 bridgehead atoms. The number of nitrogens with one attached hydrogen (secondary N) is 3. The van der Waals surface area contributed by atoms with Gasteiger partial charge in [-0.1, -0.05) is 24.8 Å². The summed E-state index contributed by atoms with van der Waals surface area (Å²) in [5.74, 6) is 0. The minimum absolute atomic E-state index is 0.417. The van der Waals surface area contributed by atoms with Crippen LogP contribution in [0.5, 0.6) is 0 Å². The molecule has 0 unspecified atom stereocenters. The Morgan fingerprint density at radius 2 is 2.12 bits per heavy atom. The zero-order chi connectivity index (χ0) is 18.4. The summed E-state index contributed by atoms with van der Waals surface area (Å²) in [5.41, 5.74) is 9.63. The second-order valence-electron chi connectivity index (χ2n) is 6.61. The van der Waals surface area contributed by atoms with E-state index < -0.39 is 6.67 Å². The van der Waals surface area contributed by atoms with Crippen molar-refractivity contribution in [2.45, 2.75) is 18.9 Å². The molecule has 1 fully saturated rings. The molecule has 5 N–H and O–H groups in total. The fourth-order valence-corrected chi connectivity index (χ4v) is 3.48. The maximum Gasteiger partial charge on any atom is 0.129 e. The quantitative estimate of drug-likeness (QED) is 0.645. The Morgan fingerprint density at radius 3 is 2.81 bits per heavy atom. The van der Waals surface area contributed by atoms with Gasteiger partial charge in [-0.25, -0.2) is 4.39 Å². The van der Waals surface area contributed by atoms with Crippen LogP contribution < -0.4 is 32.1 Å². The third-order valence-electron chi connectivity index (χ3n) is 4.83. The Kier molecular flexibility index (Phi) is 6.12. The Labute approximate surface area is 154 Å². The van der Waals surface area contributed by atoms with Crippen molar-refractivity contribution in [1.29, 1.82) is 0 Å². The van der Waals surface area contributed by atoms with Crippen LogP contribution in [0.3, 0.4) is 0 Å². The molecule has 2 heterocycles. The van der Waals surface area contributed by atoms with Crippen molar-refractivity contribution in [3.05, 3.63) is 58.6 Å². The van der Waals surface area contributed by atoms with Gasteiger partial charge >= 0.3 is 0 Å². The van der Waals surface area contributed by atoms with E-state index in [9.17, 15) is 4.39 Å². The highest BCUT2D eigenvalue weighted by molar-refractivity contribution is 5.78. The van der Waals surface area contributed by atoms with Crippen LogP contribution in [0.1, 0.15) is 18.4 Å². The monoisotopic (exact) mass is 354 g/mol. The van der Waals surface area contributed by atoms with Gasteiger partial charge in [0.25, 0.3) is 0 Å². The minimum Gasteiger partial charge on any atom is -0.404 e. The summed E-state index contributed by atoms with van der Waals surface area (Å²) in [7, 11) is 0. The lowest BCUT2D eigenvalue weighted by Gasteiger charge is -2.25. The highest BCUT2D eigenvalue weighted by Gasteiger charge is 2.15. The Bertz CT molecular complexity index is 832. The van der Waals surface area contributed by atoms with Crippen LogP contribution in [0.15, 0.2) is 42.6 Å². The van der Waals surface area contributed by atoms with E-state index in [4.69, 9.17) is 5.73 Å². The maximum absolute atomic E-state index is 13.1. The van der Waals surface area contributed by atoms with E-state index >= 15 is 0 Å². The Balaban J connectivity index is 2.06. The van der Waals surface area contributed by atoms with E-state index in [-0.39, 0.29) is 0 Å². The zero-order valence-electron chi connectivity index (χ0n) is 15.0. The average Bonchev–Trinajstić information content (AvgIpc) is 2.69. The number of anilines is 1. The van der Waals surface area contributed by atoms with E-state index in [1.165, 1.54) is 0 Å². The standard InChI is InChI=1S/C21H27FN4/c1-2-3-16-10-17(15-4-9-25-19(11-15)13-22)12-21(20(16)14-23)26-18-5-7-24-8-6-18/h2-4,10-12,14,18,24-26H,1,5-9,13,23H2/b16-3-,20-14+. The van der Waals surface area contributed by atoms with E-state index in [0.29, 0.717) is 18.3 Å². The van der Waals surface area contributed by atoms with Gasteiger partial charge in [0.2, 0.25) is 0 Å². The molecule has 26 heavy (non-hydrogen) atoms. The first kappa shape index (κ1) is 18.3. The zero-order valence-corrected chi connectivity index (χ0v) is 15.0. The molecule has 3 rings (SSSR count). The third kappa shape index (κ3) is 4.17. The van der Waals surface area contributed by atoms with Gasteiger partial charge in [-0.3, -0.25) is 0 Å². The number of dihydropyridines is 1. The first-order valence-electron chi connectivity index (χ1n) is 9.12. The van der Waals surface area contributed by atoms with Crippen LogP contribution in [0.4, 0.5) is 10.1 Å². The first-order valence-corrected chi connectivity index (χ1v) is 9.12. The molecule has 0 atom stereocenters. The highest BCUT2D eigenvalue weighted by Crippen LogP contribution is 2.21. The molecule has 0 saturated carbocycles. The van der Waals surface area contributed by atoms with Crippen LogP contribution in [-0.2, 0) is 0 Å². The number of alkyl halides is 1.